The summed E-state index contributed by atoms with van der Waals surface area (Å²) in [5.74, 6) is 0.534. The molecule has 0 aliphatic heterocycles. The first-order chi connectivity index (χ1) is 8.72. The Morgan fingerprint density at radius 2 is 2.22 bits per heavy atom. The van der Waals surface area contributed by atoms with Gasteiger partial charge in [0.1, 0.15) is 0 Å². The topological polar surface area (TPSA) is 53.1 Å². The van der Waals surface area contributed by atoms with Crippen molar-refractivity contribution in [3.05, 3.63) is 36.0 Å². The minimum Gasteiger partial charge on any atom is -0.380 e. The van der Waals surface area contributed by atoms with E-state index in [4.69, 9.17) is 10.5 Å². The first-order valence-electron chi connectivity index (χ1n) is 6.18. The van der Waals surface area contributed by atoms with Crippen molar-refractivity contribution in [2.24, 2.45) is 0 Å². The fourth-order valence-electron chi connectivity index (χ4n) is 1.96. The van der Waals surface area contributed by atoms with Crippen LogP contribution in [0.25, 0.3) is 11.3 Å². The van der Waals surface area contributed by atoms with Gasteiger partial charge in [-0.15, -0.1) is 0 Å². The van der Waals surface area contributed by atoms with Crippen LogP contribution in [0.3, 0.4) is 0 Å². The highest BCUT2D eigenvalue weighted by atomic mass is 16.5. The second-order valence-electron chi connectivity index (χ2n) is 4.22. The lowest BCUT2D eigenvalue weighted by Crippen LogP contribution is -2.10. The third-order valence-corrected chi connectivity index (χ3v) is 2.86. The smallest absolute Gasteiger partial charge is 0.200 e. The van der Waals surface area contributed by atoms with Gasteiger partial charge in [-0.05, 0) is 19.9 Å². The zero-order chi connectivity index (χ0) is 13.0. The van der Waals surface area contributed by atoms with E-state index in [1.54, 1.807) is 0 Å². The van der Waals surface area contributed by atoms with E-state index >= 15 is 0 Å². The van der Waals surface area contributed by atoms with Crippen LogP contribution in [0.5, 0.6) is 0 Å². The Kier molecular flexibility index (Phi) is 3.99. The van der Waals surface area contributed by atoms with E-state index in [1.165, 1.54) is 5.56 Å². The molecule has 0 atom stereocenters. The Morgan fingerprint density at radius 1 is 1.39 bits per heavy atom. The highest BCUT2D eigenvalue weighted by Gasteiger charge is 2.09. The van der Waals surface area contributed by atoms with Gasteiger partial charge in [-0.3, -0.25) is 0 Å². The monoisotopic (exact) mass is 245 g/mol. The maximum Gasteiger partial charge on any atom is 0.200 e. The standard InChI is InChI=1S/C14H19N3O/c1-3-18-8-7-17-13(10-16-14(17)15)12-6-4-5-11(2)9-12/h4-6,9-10H,3,7-8H2,1-2H3,(H2,15,16). The van der Waals surface area contributed by atoms with E-state index in [0.29, 0.717) is 19.2 Å². The van der Waals surface area contributed by atoms with Crippen LogP contribution in [0.1, 0.15) is 12.5 Å². The summed E-state index contributed by atoms with van der Waals surface area (Å²) in [4.78, 5) is 4.19. The first-order valence-corrected chi connectivity index (χ1v) is 6.18. The molecule has 1 heterocycles. The summed E-state index contributed by atoms with van der Waals surface area (Å²) >= 11 is 0. The molecular weight excluding hydrogens is 226 g/mol. The average molecular weight is 245 g/mol. The van der Waals surface area contributed by atoms with Crippen molar-refractivity contribution in [3.63, 3.8) is 0 Å². The molecule has 4 nitrogen and oxygen atoms in total. The molecule has 1 aromatic carbocycles. The maximum absolute atomic E-state index is 5.90. The van der Waals surface area contributed by atoms with Crippen molar-refractivity contribution in [2.45, 2.75) is 20.4 Å². The lowest BCUT2D eigenvalue weighted by Gasteiger charge is -2.10. The van der Waals surface area contributed by atoms with Gasteiger partial charge in [0.15, 0.2) is 0 Å². The minimum absolute atomic E-state index is 0.534. The SMILES string of the molecule is CCOCCn1c(-c2cccc(C)c2)cnc1N. The molecule has 0 unspecified atom stereocenters. The molecule has 0 radical (unpaired) electrons. The van der Waals surface area contributed by atoms with Gasteiger partial charge in [0.2, 0.25) is 5.95 Å². The highest BCUT2D eigenvalue weighted by Crippen LogP contribution is 2.22. The number of imidazole rings is 1. The number of aryl methyl sites for hydroxylation is 1. The van der Waals surface area contributed by atoms with Crippen molar-refractivity contribution in [2.75, 3.05) is 18.9 Å². The lowest BCUT2D eigenvalue weighted by molar-refractivity contribution is 0.139. The molecule has 0 aliphatic carbocycles. The number of anilines is 1. The normalized spacial score (nSPS) is 10.8. The second-order valence-corrected chi connectivity index (χ2v) is 4.22. The van der Waals surface area contributed by atoms with Gasteiger partial charge in [0.05, 0.1) is 18.5 Å². The van der Waals surface area contributed by atoms with Crippen LogP contribution in [0.15, 0.2) is 30.5 Å². The van der Waals surface area contributed by atoms with E-state index in [1.807, 2.05) is 23.8 Å². The summed E-state index contributed by atoms with van der Waals surface area (Å²) in [7, 11) is 0. The second kappa shape index (κ2) is 5.69. The molecule has 1 aromatic heterocycles. The van der Waals surface area contributed by atoms with E-state index in [-0.39, 0.29) is 0 Å². The number of nitrogens with two attached hydrogens (primary N) is 1. The van der Waals surface area contributed by atoms with Crippen LogP contribution in [-0.2, 0) is 11.3 Å². The molecule has 4 heteroatoms. The Bertz CT molecular complexity index is 520. The van der Waals surface area contributed by atoms with Gasteiger partial charge in [0, 0.05) is 18.7 Å². The van der Waals surface area contributed by atoms with Crippen LogP contribution in [0, 0.1) is 6.92 Å². The van der Waals surface area contributed by atoms with Crippen LogP contribution in [0.2, 0.25) is 0 Å². The molecule has 0 bridgehead atoms. The molecule has 0 spiro atoms. The maximum atomic E-state index is 5.90. The number of nitrogen functional groups attached to an aromatic ring is 1. The summed E-state index contributed by atoms with van der Waals surface area (Å²) in [6.07, 6.45) is 1.82. The number of hydrogen-bond donors (Lipinski definition) is 1. The van der Waals surface area contributed by atoms with Crippen molar-refractivity contribution in [1.82, 2.24) is 9.55 Å². The van der Waals surface area contributed by atoms with Gasteiger partial charge in [-0.25, -0.2) is 4.98 Å². The van der Waals surface area contributed by atoms with Gasteiger partial charge in [-0.2, -0.15) is 0 Å². The van der Waals surface area contributed by atoms with Gasteiger partial charge in [-0.1, -0.05) is 23.8 Å². The van der Waals surface area contributed by atoms with Crippen molar-refractivity contribution >= 4 is 5.95 Å². The molecule has 2 aromatic rings. The van der Waals surface area contributed by atoms with E-state index in [0.717, 1.165) is 17.8 Å². The summed E-state index contributed by atoms with van der Waals surface area (Å²) in [6.45, 7) is 6.15. The number of aromatic nitrogens is 2. The molecule has 2 N–H and O–H groups in total. The molecule has 2 rings (SSSR count). The Balaban J connectivity index is 2.28. The van der Waals surface area contributed by atoms with Crippen LogP contribution in [-0.4, -0.2) is 22.8 Å². The fourth-order valence-corrected chi connectivity index (χ4v) is 1.96. The van der Waals surface area contributed by atoms with Gasteiger partial charge >= 0.3 is 0 Å². The predicted octanol–water partition coefficient (Wildman–Crippen LogP) is 2.48. The molecule has 0 fully saturated rings. The minimum atomic E-state index is 0.534. The first kappa shape index (κ1) is 12.6. The van der Waals surface area contributed by atoms with E-state index in [2.05, 4.69) is 30.1 Å². The van der Waals surface area contributed by atoms with Crippen LogP contribution >= 0.6 is 0 Å². The summed E-state index contributed by atoms with van der Waals surface area (Å²) in [5, 5.41) is 0. The third-order valence-electron chi connectivity index (χ3n) is 2.86. The van der Waals surface area contributed by atoms with Gasteiger partial charge in [0.25, 0.3) is 0 Å². The van der Waals surface area contributed by atoms with E-state index < -0.39 is 0 Å². The van der Waals surface area contributed by atoms with Crippen molar-refractivity contribution in [1.29, 1.82) is 0 Å². The largest absolute Gasteiger partial charge is 0.380 e. The Hall–Kier alpha value is -1.81. The average Bonchev–Trinajstić information content (AvgIpc) is 2.72. The number of ether oxygens (including phenoxy) is 1. The highest BCUT2D eigenvalue weighted by molar-refractivity contribution is 5.62. The van der Waals surface area contributed by atoms with Crippen molar-refractivity contribution in [3.8, 4) is 11.3 Å². The summed E-state index contributed by atoms with van der Waals surface area (Å²) in [6, 6.07) is 8.32. The number of hydrogen-bond acceptors (Lipinski definition) is 3. The molecule has 0 saturated carbocycles. The summed E-state index contributed by atoms with van der Waals surface area (Å²) < 4.78 is 7.36. The van der Waals surface area contributed by atoms with Crippen LogP contribution in [0.4, 0.5) is 5.95 Å². The third kappa shape index (κ3) is 2.71. The zero-order valence-corrected chi connectivity index (χ0v) is 10.9. The van der Waals surface area contributed by atoms with Crippen molar-refractivity contribution < 1.29 is 4.74 Å². The predicted molar refractivity (Wildman–Crippen MR) is 73.3 cm³/mol. The molecular formula is C14H19N3O. The molecule has 0 amide bonds. The fraction of sp³-hybridized carbons (Fsp3) is 0.357. The lowest BCUT2D eigenvalue weighted by atomic mass is 10.1. The number of nitrogens with zero attached hydrogens (tertiary/aromatic N) is 2. The Morgan fingerprint density at radius 3 is 2.94 bits per heavy atom. The molecule has 0 saturated heterocycles. The van der Waals surface area contributed by atoms with Gasteiger partial charge < -0.3 is 15.0 Å². The Labute approximate surface area is 107 Å². The number of rotatable bonds is 5. The summed E-state index contributed by atoms with van der Waals surface area (Å²) in [5.41, 5.74) is 9.29. The molecule has 96 valence electrons. The quantitative estimate of drug-likeness (QED) is 0.823. The molecule has 18 heavy (non-hydrogen) atoms. The number of benzene rings is 1. The zero-order valence-electron chi connectivity index (χ0n) is 10.9. The van der Waals surface area contributed by atoms with Crippen LogP contribution < -0.4 is 5.73 Å². The van der Waals surface area contributed by atoms with E-state index in [9.17, 15) is 0 Å². The molecule has 0 aliphatic rings.